The maximum atomic E-state index is 13.0. The summed E-state index contributed by atoms with van der Waals surface area (Å²) in [4.78, 5) is 14.4. The molecule has 0 unspecified atom stereocenters. The van der Waals surface area contributed by atoms with E-state index in [1.165, 1.54) is 18.3 Å². The number of hydrogen-bond donors (Lipinski definition) is 1. The first-order valence-corrected chi connectivity index (χ1v) is 5.21. The van der Waals surface area contributed by atoms with Gasteiger partial charge in [0.15, 0.2) is 0 Å². The maximum Gasteiger partial charge on any atom is 0.208 e. The Labute approximate surface area is 97.2 Å². The smallest absolute Gasteiger partial charge is 0.208 e. The van der Waals surface area contributed by atoms with Crippen LogP contribution in [0, 0.1) is 9.39 Å². The number of nitrogens with one attached hydrogen (secondary N) is 1. The van der Waals surface area contributed by atoms with Crippen molar-refractivity contribution in [1.82, 2.24) is 4.98 Å². The molecule has 5 heteroatoms. The molecule has 1 N–H and O–H groups in total. The Hall–Kier alpha value is -0.620. The predicted molar refractivity (Wildman–Crippen MR) is 62.3 cm³/mol. The molecule has 1 aromatic carbocycles. The van der Waals surface area contributed by atoms with Crippen molar-refractivity contribution in [2.45, 2.75) is 0 Å². The molecule has 0 bridgehead atoms. The average molecular weight is 323 g/mol. The van der Waals surface area contributed by atoms with Crippen LogP contribution in [0.2, 0.25) is 5.02 Å². The third kappa shape index (κ3) is 1.52. The monoisotopic (exact) mass is 323 g/mol. The topological polar surface area (TPSA) is 32.9 Å². The Balaban J connectivity index is 3.03. The van der Waals surface area contributed by atoms with Crippen LogP contribution in [0.5, 0.6) is 0 Å². The van der Waals surface area contributed by atoms with E-state index in [4.69, 9.17) is 11.6 Å². The van der Waals surface area contributed by atoms with E-state index in [2.05, 4.69) is 4.98 Å². The highest BCUT2D eigenvalue weighted by Gasteiger charge is 2.07. The molecule has 1 aromatic heterocycles. The quantitative estimate of drug-likeness (QED) is 0.743. The largest absolute Gasteiger partial charge is 0.359 e. The first kappa shape index (κ1) is 9.92. The third-order valence-corrected chi connectivity index (χ3v) is 2.99. The molecule has 2 rings (SSSR count). The van der Waals surface area contributed by atoms with Crippen LogP contribution in [-0.2, 0) is 0 Å². The van der Waals surface area contributed by atoms with Gasteiger partial charge in [0.2, 0.25) is 5.43 Å². The minimum atomic E-state index is -0.435. The number of benzene rings is 1. The zero-order chi connectivity index (χ0) is 10.3. The van der Waals surface area contributed by atoms with Crippen molar-refractivity contribution in [2.75, 3.05) is 0 Å². The Morgan fingerprint density at radius 2 is 2.14 bits per heavy atom. The second-order valence-corrected chi connectivity index (χ2v) is 4.35. The number of aromatic amines is 1. The van der Waals surface area contributed by atoms with Crippen LogP contribution < -0.4 is 5.43 Å². The molecule has 72 valence electrons. The zero-order valence-corrected chi connectivity index (χ0v) is 9.69. The van der Waals surface area contributed by atoms with Gasteiger partial charge >= 0.3 is 0 Å². The SMILES string of the molecule is O=c1c(Cl)c[nH]c2c(I)cc(F)cc12. The molecule has 0 radical (unpaired) electrons. The number of halogens is 3. The van der Waals surface area contributed by atoms with Crippen LogP contribution in [0.4, 0.5) is 4.39 Å². The third-order valence-electron chi connectivity index (χ3n) is 1.86. The second kappa shape index (κ2) is 3.51. The van der Waals surface area contributed by atoms with Crippen molar-refractivity contribution in [3.8, 4) is 0 Å². The molecule has 0 aliphatic carbocycles. The fraction of sp³-hybridized carbons (Fsp3) is 0. The van der Waals surface area contributed by atoms with Gasteiger partial charge in [0.25, 0.3) is 0 Å². The van der Waals surface area contributed by atoms with Gasteiger partial charge < -0.3 is 4.98 Å². The Bertz CT molecular complexity index is 566. The maximum absolute atomic E-state index is 13.0. The Morgan fingerprint density at radius 1 is 1.43 bits per heavy atom. The summed E-state index contributed by atoms with van der Waals surface area (Å²) in [5.74, 6) is -0.435. The van der Waals surface area contributed by atoms with Gasteiger partial charge in [-0.3, -0.25) is 4.79 Å². The van der Waals surface area contributed by atoms with Gasteiger partial charge in [0.05, 0.1) is 10.9 Å². The second-order valence-electron chi connectivity index (χ2n) is 2.78. The highest BCUT2D eigenvalue weighted by molar-refractivity contribution is 14.1. The lowest BCUT2D eigenvalue weighted by Crippen LogP contribution is -2.04. The number of rotatable bonds is 0. The van der Waals surface area contributed by atoms with Gasteiger partial charge in [-0.05, 0) is 34.7 Å². The fourth-order valence-electron chi connectivity index (χ4n) is 1.23. The molecule has 14 heavy (non-hydrogen) atoms. The number of aromatic nitrogens is 1. The summed E-state index contributed by atoms with van der Waals surface area (Å²) in [5, 5.41) is 0.348. The molecule has 0 atom stereocenters. The molecule has 0 spiro atoms. The van der Waals surface area contributed by atoms with E-state index in [-0.39, 0.29) is 15.8 Å². The van der Waals surface area contributed by atoms with Crippen LogP contribution in [0.1, 0.15) is 0 Å². The Morgan fingerprint density at radius 3 is 2.86 bits per heavy atom. The summed E-state index contributed by atoms with van der Waals surface area (Å²) in [6, 6.07) is 2.54. The van der Waals surface area contributed by atoms with Gasteiger partial charge in [0.1, 0.15) is 10.8 Å². The molecule has 0 aliphatic rings. The van der Waals surface area contributed by atoms with Crippen molar-refractivity contribution in [3.05, 3.63) is 43.0 Å². The zero-order valence-electron chi connectivity index (χ0n) is 6.77. The van der Waals surface area contributed by atoms with Crippen molar-refractivity contribution in [1.29, 1.82) is 0 Å². The molecule has 1 heterocycles. The predicted octanol–water partition coefficient (Wildman–Crippen LogP) is 2.93. The molecule has 2 aromatic rings. The van der Waals surface area contributed by atoms with E-state index in [1.54, 1.807) is 0 Å². The number of H-pyrrole nitrogens is 1. The summed E-state index contributed by atoms with van der Waals surface area (Å²) in [6.45, 7) is 0. The summed E-state index contributed by atoms with van der Waals surface area (Å²) in [6.07, 6.45) is 1.41. The summed E-state index contributed by atoms with van der Waals surface area (Å²) >= 11 is 7.58. The van der Waals surface area contributed by atoms with Gasteiger partial charge in [-0.15, -0.1) is 0 Å². The standard InChI is InChI=1S/C9H4ClFINO/c10-6-3-13-8-5(9(6)14)1-4(11)2-7(8)12/h1-3H,(H,13,14). The lowest BCUT2D eigenvalue weighted by molar-refractivity contribution is 0.628. The average Bonchev–Trinajstić information content (AvgIpc) is 2.12. The van der Waals surface area contributed by atoms with E-state index in [9.17, 15) is 9.18 Å². The van der Waals surface area contributed by atoms with Crippen molar-refractivity contribution >= 4 is 45.1 Å². The van der Waals surface area contributed by atoms with E-state index >= 15 is 0 Å². The minimum absolute atomic E-state index is 0.0684. The number of fused-ring (bicyclic) bond motifs is 1. The number of hydrogen-bond acceptors (Lipinski definition) is 1. The molecular formula is C9H4ClFINO. The molecule has 0 amide bonds. The Kier molecular flexibility index (Phi) is 2.48. The summed E-state index contributed by atoms with van der Waals surface area (Å²) in [5.41, 5.74) is 0.263. The van der Waals surface area contributed by atoms with E-state index in [1.807, 2.05) is 22.6 Å². The highest BCUT2D eigenvalue weighted by Crippen LogP contribution is 2.19. The molecule has 0 fully saturated rings. The van der Waals surface area contributed by atoms with Gasteiger partial charge in [0, 0.05) is 9.77 Å². The van der Waals surface area contributed by atoms with Crippen molar-refractivity contribution in [3.63, 3.8) is 0 Å². The first-order valence-electron chi connectivity index (χ1n) is 3.75. The lowest BCUT2D eigenvalue weighted by atomic mass is 10.2. The molecule has 2 nitrogen and oxygen atoms in total. The molecular weight excluding hydrogens is 319 g/mol. The minimum Gasteiger partial charge on any atom is -0.359 e. The van der Waals surface area contributed by atoms with Crippen LogP contribution in [0.15, 0.2) is 23.1 Å². The first-order chi connectivity index (χ1) is 6.59. The van der Waals surface area contributed by atoms with Crippen molar-refractivity contribution in [2.24, 2.45) is 0 Å². The summed E-state index contributed by atoms with van der Waals surface area (Å²) < 4.78 is 13.7. The fourth-order valence-corrected chi connectivity index (χ4v) is 2.13. The van der Waals surface area contributed by atoms with Gasteiger partial charge in [-0.1, -0.05) is 11.6 Å². The van der Waals surface area contributed by atoms with Gasteiger partial charge in [-0.2, -0.15) is 0 Å². The molecule has 0 aliphatic heterocycles. The van der Waals surface area contributed by atoms with Crippen LogP contribution in [0.25, 0.3) is 10.9 Å². The lowest BCUT2D eigenvalue weighted by Gasteiger charge is -2.01. The normalized spacial score (nSPS) is 10.8. The van der Waals surface area contributed by atoms with Crippen molar-refractivity contribution < 1.29 is 4.39 Å². The van der Waals surface area contributed by atoms with Crippen LogP contribution in [0.3, 0.4) is 0 Å². The van der Waals surface area contributed by atoms with Gasteiger partial charge in [-0.25, -0.2) is 4.39 Å². The summed E-state index contributed by atoms with van der Waals surface area (Å²) in [7, 11) is 0. The number of pyridine rings is 1. The van der Waals surface area contributed by atoms with E-state index < -0.39 is 5.82 Å². The van der Waals surface area contributed by atoms with Crippen LogP contribution >= 0.6 is 34.2 Å². The van der Waals surface area contributed by atoms with Crippen LogP contribution in [-0.4, -0.2) is 4.98 Å². The molecule has 0 saturated carbocycles. The molecule has 0 saturated heterocycles. The highest BCUT2D eigenvalue weighted by atomic mass is 127. The van der Waals surface area contributed by atoms with E-state index in [0.29, 0.717) is 9.09 Å². The van der Waals surface area contributed by atoms with E-state index in [0.717, 1.165) is 0 Å².